The smallest absolute Gasteiger partial charge is 0.229 e. The number of halogens is 4. The number of phenols is 1. The van der Waals surface area contributed by atoms with Gasteiger partial charge in [-0.15, -0.1) is 0 Å². The zero-order valence-electron chi connectivity index (χ0n) is 67.2. The molecule has 0 radical (unpaired) electrons. The number of carbonyl (C=O) groups excluding carboxylic acids is 3. The van der Waals surface area contributed by atoms with Crippen LogP contribution in [0.25, 0.3) is 66.9 Å². The molecule has 6 aromatic carbocycles. The molecule has 0 saturated carbocycles. The number of ketones is 3. The summed E-state index contributed by atoms with van der Waals surface area (Å²) in [6.45, 7) is 7.95. The number of methoxy groups -OCH3 is 1. The summed E-state index contributed by atoms with van der Waals surface area (Å²) in [6.07, 6.45) is 26.9. The Hall–Kier alpha value is -11.4. The van der Waals surface area contributed by atoms with Crippen LogP contribution in [0.3, 0.4) is 0 Å². The molecular formula is C88H97Cl4N21O5. The van der Waals surface area contributed by atoms with Gasteiger partial charge in [-0.1, -0.05) is 82.8 Å². The number of hydrogen-bond donors (Lipinski definition) is 7. The Morgan fingerprint density at radius 1 is 0.415 bits per heavy atom. The van der Waals surface area contributed by atoms with Crippen molar-refractivity contribution in [1.29, 1.82) is 0 Å². The van der Waals surface area contributed by atoms with Gasteiger partial charge in [-0.25, -0.2) is 15.0 Å². The lowest BCUT2D eigenvalue weighted by Crippen LogP contribution is -2.29. The fourth-order valence-corrected chi connectivity index (χ4v) is 15.2. The Morgan fingerprint density at radius 3 is 1.10 bits per heavy atom. The quantitative estimate of drug-likeness (QED) is 0.0177. The van der Waals surface area contributed by atoms with E-state index in [0.717, 1.165) is 143 Å². The molecule has 0 atom stereocenters. The third-order valence-corrected chi connectivity index (χ3v) is 21.5. The Labute approximate surface area is 706 Å². The number of allylic oxidation sites excluding steroid dienone is 3. The van der Waals surface area contributed by atoms with E-state index in [1.807, 2.05) is 148 Å². The average molecular weight is 1670 g/mol. The van der Waals surface area contributed by atoms with Crippen molar-refractivity contribution in [2.75, 3.05) is 139 Å². The molecule has 0 aliphatic carbocycles. The van der Waals surface area contributed by atoms with E-state index >= 15 is 0 Å². The number of fused-ring (bicyclic) bond motifs is 3. The Bertz CT molecular complexity index is 5400. The molecule has 26 nitrogen and oxygen atoms in total. The molecule has 0 bridgehead atoms. The number of aromatic amines is 3. The van der Waals surface area contributed by atoms with Crippen molar-refractivity contribution in [1.82, 2.24) is 75.2 Å². The number of aromatic hydroxyl groups is 1. The fourth-order valence-electron chi connectivity index (χ4n) is 14.3. The van der Waals surface area contributed by atoms with Crippen molar-refractivity contribution in [2.24, 2.45) is 0 Å². The summed E-state index contributed by atoms with van der Waals surface area (Å²) in [5.41, 5.74) is 13.5. The first-order valence-corrected chi connectivity index (χ1v) is 41.1. The second-order valence-electron chi connectivity index (χ2n) is 30.2. The first kappa shape index (κ1) is 84.6. The van der Waals surface area contributed by atoms with Gasteiger partial charge >= 0.3 is 0 Å². The van der Waals surface area contributed by atoms with Crippen LogP contribution in [-0.4, -0.2) is 206 Å². The van der Waals surface area contributed by atoms with Crippen LogP contribution in [-0.2, 0) is 33.6 Å². The second-order valence-corrected chi connectivity index (χ2v) is 31.9. The van der Waals surface area contributed by atoms with Crippen molar-refractivity contribution in [3.8, 4) is 45.3 Å². The van der Waals surface area contributed by atoms with Gasteiger partial charge in [-0.05, 0) is 226 Å². The van der Waals surface area contributed by atoms with Gasteiger partial charge in [0.1, 0.15) is 11.5 Å². The Balaban J connectivity index is 0.000000153. The summed E-state index contributed by atoms with van der Waals surface area (Å²) in [4.78, 5) is 78.8. The number of aromatic nitrogens is 12. The van der Waals surface area contributed by atoms with Gasteiger partial charge in [0.05, 0.1) is 96.1 Å². The van der Waals surface area contributed by atoms with E-state index in [9.17, 15) is 19.5 Å². The predicted octanol–water partition coefficient (Wildman–Crippen LogP) is 17.3. The summed E-state index contributed by atoms with van der Waals surface area (Å²) in [6, 6.07) is 34.0. The molecule has 3 fully saturated rings. The van der Waals surface area contributed by atoms with Crippen molar-refractivity contribution in [3.63, 3.8) is 0 Å². The van der Waals surface area contributed by atoms with Gasteiger partial charge in [-0.2, -0.15) is 30.2 Å². The van der Waals surface area contributed by atoms with Crippen LogP contribution in [0, 0.1) is 0 Å². The molecule has 0 amide bonds. The summed E-state index contributed by atoms with van der Waals surface area (Å²) in [5.74, 6) is 2.33. The molecular weight excluding hydrogens is 1570 g/mol. The minimum absolute atomic E-state index is 0.0143. The van der Waals surface area contributed by atoms with Crippen molar-refractivity contribution < 1.29 is 24.2 Å². The lowest BCUT2D eigenvalue weighted by molar-refractivity contribution is -0.114. The number of benzene rings is 6. The maximum atomic E-state index is 12.5. The topological polar surface area (TPSA) is 300 Å². The van der Waals surface area contributed by atoms with E-state index in [0.29, 0.717) is 103 Å². The molecule has 30 heteroatoms. The number of H-pyrrole nitrogens is 3. The minimum Gasteiger partial charge on any atom is -0.506 e. The molecule has 0 unspecified atom stereocenters. The highest BCUT2D eigenvalue weighted by atomic mass is 35.5. The summed E-state index contributed by atoms with van der Waals surface area (Å²) >= 11 is 26.5. The number of phenolic OH excluding ortho intramolecular Hbond substituents is 1. The number of rotatable bonds is 28. The van der Waals surface area contributed by atoms with Gasteiger partial charge in [0, 0.05) is 112 Å². The lowest BCUT2D eigenvalue weighted by Gasteiger charge is -2.30. The number of likely N-dealkylation sites (N-methyl/N-ethyl adjacent to an activating group) is 3. The maximum absolute atomic E-state index is 12.5. The van der Waals surface area contributed by atoms with E-state index < -0.39 is 0 Å². The highest BCUT2D eigenvalue weighted by Gasteiger charge is 2.24. The van der Waals surface area contributed by atoms with Crippen LogP contribution in [0.15, 0.2) is 164 Å². The van der Waals surface area contributed by atoms with Gasteiger partial charge in [-0.3, -0.25) is 29.7 Å². The van der Waals surface area contributed by atoms with Gasteiger partial charge in [0.2, 0.25) is 17.8 Å². The molecule has 612 valence electrons. The maximum Gasteiger partial charge on any atom is 0.229 e. The van der Waals surface area contributed by atoms with E-state index in [-0.39, 0.29) is 42.4 Å². The average Bonchev–Trinajstić information content (AvgIpc) is 1.55. The molecule has 7 N–H and O–H groups in total. The molecule has 118 heavy (non-hydrogen) atoms. The molecule has 0 spiro atoms. The summed E-state index contributed by atoms with van der Waals surface area (Å²) in [7, 11) is 13.5. The predicted molar refractivity (Wildman–Crippen MR) is 476 cm³/mol. The number of piperidine rings is 3. The van der Waals surface area contributed by atoms with Gasteiger partial charge < -0.3 is 55.2 Å². The van der Waals surface area contributed by atoms with Crippen molar-refractivity contribution in [2.45, 2.75) is 77.0 Å². The van der Waals surface area contributed by atoms with Crippen LogP contribution in [0.2, 0.25) is 20.1 Å². The monoisotopic (exact) mass is 1670 g/mol. The molecule has 12 aromatic rings. The van der Waals surface area contributed by atoms with E-state index in [1.165, 1.54) is 32.1 Å². The number of carbonyl (C=O) groups is 3. The normalized spacial score (nSPS) is 14.0. The molecule has 3 aliphatic rings. The minimum atomic E-state index is 0.0143. The SMILES string of the molecule is CN(C)C/C=C/C(=O)Cc1ccc(Cl)c(-c2nc(Nc3ccc(Cl)c(N4CCCCC4)c3)nc3[nH]ncc23)c1.CN(C)C/C=C/C(=O)Cc1ccc(Cl)c(-c2nc(Nc3ccc(O)c(N4CCCCC4)c3)nc3[nH]ncc23)c1.COc1ccc(Nc2nc(-c3cc(CC(=O)/C=C/CN(C)C)ccc3Cl)c3cn[nH]c3n2)cc1N1CCCCC1. The van der Waals surface area contributed by atoms with E-state index in [1.54, 1.807) is 74.3 Å². The standard InChI is InChI=1S/C30H34ClN7O2.C29H31Cl2N7O.C29H32ClN7O2/c1-37(2)13-7-8-22(39)16-20-9-11-25(31)23(17-20)28-24-19-32-36-29(24)35-30(34-28)33-21-10-12-27(40-3)26(18-21)38-14-5-4-6-15-38;1-37(2)12-6-7-21(39)15-19-8-10-24(30)22(16-19)27-23-18-32-36-28(23)35-29(34-27)33-20-9-11-25(31)26(17-20)38-13-4-3-5-14-38;1-36(2)12-6-7-21(38)15-19-8-10-24(30)22(16-19)27-23-18-31-35-28(23)34-29(33-27)32-20-9-11-26(39)25(17-20)37-13-4-3-5-14-37/h7-12,17-19H,4-6,13-16H2,1-3H3,(H2,32,33,34,35,36);6-11,16-18H,3-5,12-15H2,1-2H3,(H2,32,33,34,35,36);6-11,16-18,39H,3-5,12-15H2,1-2H3,(H2,31,32,33,34,35)/b8-7+;2*7-6+. The largest absolute Gasteiger partial charge is 0.506 e. The zero-order chi connectivity index (χ0) is 82.8. The Morgan fingerprint density at radius 2 is 0.737 bits per heavy atom. The second kappa shape index (κ2) is 40.2. The zero-order valence-corrected chi connectivity index (χ0v) is 70.3. The lowest BCUT2D eigenvalue weighted by atomic mass is 10.0. The third kappa shape index (κ3) is 22.3. The first-order chi connectivity index (χ1) is 57.1. The number of ether oxygens (including phenoxy) is 1. The molecule has 15 rings (SSSR count). The number of nitrogens with one attached hydrogen (secondary N) is 6. The molecule has 9 heterocycles. The number of hydrogen-bond acceptors (Lipinski definition) is 23. The Kier molecular flexibility index (Phi) is 28.8. The highest BCUT2D eigenvalue weighted by molar-refractivity contribution is 6.35. The van der Waals surface area contributed by atoms with Crippen LogP contribution in [0.4, 0.5) is 52.0 Å². The van der Waals surface area contributed by atoms with Crippen LogP contribution in [0.1, 0.15) is 74.5 Å². The van der Waals surface area contributed by atoms with Crippen LogP contribution < -0.4 is 35.4 Å². The number of nitrogens with zero attached hydrogens (tertiary/aromatic N) is 15. The van der Waals surface area contributed by atoms with Crippen LogP contribution >= 0.6 is 46.4 Å². The third-order valence-electron chi connectivity index (χ3n) is 20.2. The van der Waals surface area contributed by atoms with Crippen molar-refractivity contribution in [3.05, 3.63) is 201 Å². The van der Waals surface area contributed by atoms with E-state index in [4.69, 9.17) is 66.1 Å². The molecule has 6 aromatic heterocycles. The fraction of sp³-hybridized carbons (Fsp3) is 0.318. The molecule has 3 aliphatic heterocycles. The van der Waals surface area contributed by atoms with Gasteiger partial charge in [0.25, 0.3) is 0 Å². The van der Waals surface area contributed by atoms with Crippen LogP contribution in [0.5, 0.6) is 11.5 Å². The number of anilines is 9. The summed E-state index contributed by atoms with van der Waals surface area (Å²) < 4.78 is 5.65. The highest BCUT2D eigenvalue weighted by Crippen LogP contribution is 2.41. The molecule has 3 saturated heterocycles. The van der Waals surface area contributed by atoms with Crippen molar-refractivity contribution >= 4 is 149 Å². The van der Waals surface area contributed by atoms with E-state index in [2.05, 4.69) is 82.3 Å². The first-order valence-electron chi connectivity index (χ1n) is 39.5. The summed E-state index contributed by atoms with van der Waals surface area (Å²) in [5, 5.41) is 46.3. The van der Waals surface area contributed by atoms with Gasteiger partial charge in [0.15, 0.2) is 34.3 Å².